The fourth-order valence-corrected chi connectivity index (χ4v) is 1.48. The topological polar surface area (TPSA) is 104 Å². The highest BCUT2D eigenvalue weighted by Crippen LogP contribution is 2.11. The zero-order valence-electron chi connectivity index (χ0n) is 11.7. The summed E-state index contributed by atoms with van der Waals surface area (Å²) in [6.45, 7) is 0.503. The molecule has 0 saturated heterocycles. The Bertz CT molecular complexity index is 601. The fraction of sp³-hybridized carbons (Fsp3) is 0.357. The van der Waals surface area contributed by atoms with Gasteiger partial charge < -0.3 is 15.5 Å². The van der Waals surface area contributed by atoms with Gasteiger partial charge >= 0.3 is 5.97 Å². The zero-order valence-corrected chi connectivity index (χ0v) is 11.7. The zero-order chi connectivity index (χ0) is 16.9. The number of halogens is 2. The molecule has 0 aliphatic rings. The number of carboxylic acid groups (broad SMARTS) is 1. The Morgan fingerprint density at radius 2 is 1.82 bits per heavy atom. The molecule has 0 radical (unpaired) electrons. The maximum Gasteiger partial charge on any atom is 0.337 e. The van der Waals surface area contributed by atoms with Crippen molar-refractivity contribution in [2.75, 3.05) is 6.54 Å². The van der Waals surface area contributed by atoms with E-state index >= 15 is 0 Å². The van der Waals surface area contributed by atoms with E-state index in [2.05, 4.69) is 5.32 Å². The lowest BCUT2D eigenvalue weighted by Crippen LogP contribution is -2.46. The van der Waals surface area contributed by atoms with Crippen LogP contribution in [0.3, 0.4) is 0 Å². The Labute approximate surface area is 124 Å². The molecule has 0 spiro atoms. The van der Waals surface area contributed by atoms with Crippen molar-refractivity contribution in [1.82, 2.24) is 5.32 Å². The van der Waals surface area contributed by atoms with Crippen LogP contribution in [-0.4, -0.2) is 40.0 Å². The summed E-state index contributed by atoms with van der Waals surface area (Å²) in [5.74, 6) is -4.93. The molecule has 0 aromatic heterocycles. The summed E-state index contributed by atoms with van der Waals surface area (Å²) in [6.07, 6.45) is -0.528. The van der Waals surface area contributed by atoms with Crippen molar-refractivity contribution in [3.63, 3.8) is 0 Å². The van der Waals surface area contributed by atoms with Crippen LogP contribution in [0.1, 0.15) is 30.1 Å². The van der Waals surface area contributed by atoms with Crippen LogP contribution in [-0.2, 0) is 9.59 Å². The standard InChI is InChI=1S/C14H15F2NO5/c1-14(22,13(20)21)7-17-12(19)5-4-11(18)8-2-3-9(15)10(16)6-8/h2-3,6,22H,4-5,7H2,1H3,(H,17,19)(H,20,21). The van der Waals surface area contributed by atoms with E-state index in [1.165, 1.54) is 0 Å². The molecule has 22 heavy (non-hydrogen) atoms. The predicted octanol–water partition coefficient (Wildman–Crippen LogP) is 0.880. The molecule has 1 unspecified atom stereocenters. The molecule has 0 fully saturated rings. The number of ketones is 1. The number of nitrogens with one attached hydrogen (secondary N) is 1. The van der Waals surface area contributed by atoms with Crippen molar-refractivity contribution < 1.29 is 33.4 Å². The number of benzene rings is 1. The van der Waals surface area contributed by atoms with E-state index < -0.39 is 41.4 Å². The summed E-state index contributed by atoms with van der Waals surface area (Å²) in [5.41, 5.74) is -2.18. The normalized spacial score (nSPS) is 13.3. The van der Waals surface area contributed by atoms with Crippen molar-refractivity contribution in [3.05, 3.63) is 35.4 Å². The van der Waals surface area contributed by atoms with Crippen molar-refractivity contribution >= 4 is 17.7 Å². The van der Waals surface area contributed by atoms with Gasteiger partial charge in [0.2, 0.25) is 5.91 Å². The first kappa shape index (κ1) is 17.7. The number of hydrogen-bond acceptors (Lipinski definition) is 4. The molecule has 1 aromatic rings. The number of hydrogen-bond donors (Lipinski definition) is 3. The Balaban J connectivity index is 2.48. The maximum atomic E-state index is 13.0. The number of carboxylic acids is 1. The molecular weight excluding hydrogens is 300 g/mol. The van der Waals surface area contributed by atoms with Gasteiger partial charge in [0.1, 0.15) is 0 Å². The Hall–Kier alpha value is -2.35. The molecule has 1 amide bonds. The van der Waals surface area contributed by atoms with Crippen LogP contribution in [0.5, 0.6) is 0 Å². The average molecular weight is 315 g/mol. The molecule has 0 heterocycles. The van der Waals surface area contributed by atoms with Gasteiger partial charge in [-0.3, -0.25) is 9.59 Å². The number of aliphatic carboxylic acids is 1. The lowest BCUT2D eigenvalue weighted by Gasteiger charge is -2.18. The molecule has 0 saturated carbocycles. The number of aliphatic hydroxyl groups is 1. The average Bonchev–Trinajstić information content (AvgIpc) is 2.45. The van der Waals surface area contributed by atoms with Gasteiger partial charge in [0.25, 0.3) is 0 Å². The van der Waals surface area contributed by atoms with Crippen LogP contribution >= 0.6 is 0 Å². The Kier molecular flexibility index (Phi) is 5.69. The second-order valence-electron chi connectivity index (χ2n) is 4.91. The Morgan fingerprint density at radius 3 is 2.36 bits per heavy atom. The third-order valence-electron chi connectivity index (χ3n) is 2.91. The first-order valence-corrected chi connectivity index (χ1v) is 6.34. The number of carbonyl (C=O) groups is 3. The molecule has 1 rings (SSSR count). The highest BCUT2D eigenvalue weighted by Gasteiger charge is 2.30. The smallest absolute Gasteiger partial charge is 0.337 e. The summed E-state index contributed by atoms with van der Waals surface area (Å²) in [6, 6.07) is 2.66. The molecule has 0 aliphatic heterocycles. The summed E-state index contributed by atoms with van der Waals surface area (Å²) in [5, 5.41) is 20.2. The van der Waals surface area contributed by atoms with Gasteiger partial charge in [-0.2, -0.15) is 0 Å². The third-order valence-corrected chi connectivity index (χ3v) is 2.91. The van der Waals surface area contributed by atoms with Crippen molar-refractivity contribution in [3.8, 4) is 0 Å². The lowest BCUT2D eigenvalue weighted by atomic mass is 10.1. The van der Waals surface area contributed by atoms with E-state index in [4.69, 9.17) is 5.11 Å². The number of rotatable bonds is 7. The van der Waals surface area contributed by atoms with Gasteiger partial charge in [0.15, 0.2) is 23.0 Å². The van der Waals surface area contributed by atoms with Crippen molar-refractivity contribution in [2.45, 2.75) is 25.4 Å². The van der Waals surface area contributed by atoms with E-state index in [1.54, 1.807) is 0 Å². The minimum Gasteiger partial charge on any atom is -0.479 e. The largest absolute Gasteiger partial charge is 0.479 e. The monoisotopic (exact) mass is 315 g/mol. The van der Waals surface area contributed by atoms with Crippen LogP contribution in [0.4, 0.5) is 8.78 Å². The first-order chi connectivity index (χ1) is 10.1. The summed E-state index contributed by atoms with van der Waals surface area (Å²) in [7, 11) is 0. The lowest BCUT2D eigenvalue weighted by molar-refractivity contribution is -0.156. The number of carbonyl (C=O) groups excluding carboxylic acids is 2. The highest BCUT2D eigenvalue weighted by molar-refractivity contribution is 5.98. The maximum absolute atomic E-state index is 13.0. The van der Waals surface area contributed by atoms with Crippen LogP contribution in [0.2, 0.25) is 0 Å². The second-order valence-corrected chi connectivity index (χ2v) is 4.91. The molecule has 1 aromatic carbocycles. The van der Waals surface area contributed by atoms with Gasteiger partial charge in [-0.25, -0.2) is 13.6 Å². The van der Waals surface area contributed by atoms with Crippen molar-refractivity contribution in [1.29, 1.82) is 0 Å². The van der Waals surface area contributed by atoms with Gasteiger partial charge in [-0.1, -0.05) is 0 Å². The number of amides is 1. The van der Waals surface area contributed by atoms with Crippen LogP contribution in [0.15, 0.2) is 18.2 Å². The van der Waals surface area contributed by atoms with E-state index in [9.17, 15) is 28.3 Å². The van der Waals surface area contributed by atoms with E-state index in [-0.39, 0.29) is 18.4 Å². The summed E-state index contributed by atoms with van der Waals surface area (Å²) < 4.78 is 25.7. The molecule has 1 atom stereocenters. The molecule has 0 bridgehead atoms. The molecule has 120 valence electrons. The Morgan fingerprint density at radius 1 is 1.18 bits per heavy atom. The predicted molar refractivity (Wildman–Crippen MR) is 71.2 cm³/mol. The SMILES string of the molecule is CC(O)(CNC(=O)CCC(=O)c1ccc(F)c(F)c1)C(=O)O. The third kappa shape index (κ3) is 4.88. The molecule has 3 N–H and O–H groups in total. The highest BCUT2D eigenvalue weighted by atomic mass is 19.2. The molecule has 0 aliphatic carbocycles. The van der Waals surface area contributed by atoms with Gasteiger partial charge in [0, 0.05) is 18.4 Å². The fourth-order valence-electron chi connectivity index (χ4n) is 1.48. The van der Waals surface area contributed by atoms with Gasteiger partial charge in [-0.15, -0.1) is 0 Å². The van der Waals surface area contributed by atoms with E-state index in [1.807, 2.05) is 0 Å². The molecule has 6 nitrogen and oxygen atoms in total. The quantitative estimate of drug-likeness (QED) is 0.648. The van der Waals surface area contributed by atoms with Gasteiger partial charge in [-0.05, 0) is 25.1 Å². The van der Waals surface area contributed by atoms with E-state index in [0.29, 0.717) is 0 Å². The number of Topliss-reactive ketones (excluding diaryl/α,β-unsaturated/α-hetero) is 1. The van der Waals surface area contributed by atoms with Crippen LogP contribution in [0, 0.1) is 11.6 Å². The van der Waals surface area contributed by atoms with E-state index in [0.717, 1.165) is 25.1 Å². The first-order valence-electron chi connectivity index (χ1n) is 6.34. The second kappa shape index (κ2) is 7.08. The van der Waals surface area contributed by atoms with Crippen LogP contribution < -0.4 is 5.32 Å². The summed E-state index contributed by atoms with van der Waals surface area (Å²) in [4.78, 5) is 33.8. The molecule has 8 heteroatoms. The molecular formula is C14H15F2NO5. The summed E-state index contributed by atoms with van der Waals surface area (Å²) >= 11 is 0. The van der Waals surface area contributed by atoms with Crippen molar-refractivity contribution in [2.24, 2.45) is 0 Å². The minimum atomic E-state index is -2.11. The van der Waals surface area contributed by atoms with Crippen LogP contribution in [0.25, 0.3) is 0 Å². The minimum absolute atomic E-state index is 0.0655. The van der Waals surface area contributed by atoms with Gasteiger partial charge in [0.05, 0.1) is 6.54 Å².